The third-order valence-corrected chi connectivity index (χ3v) is 6.40. The van der Waals surface area contributed by atoms with Gasteiger partial charge in [-0.1, -0.05) is 18.2 Å². The van der Waals surface area contributed by atoms with Gasteiger partial charge in [0.2, 0.25) is 0 Å². The van der Waals surface area contributed by atoms with E-state index in [4.69, 9.17) is 0 Å². The highest BCUT2D eigenvalue weighted by atomic mass is 32.3. The molecule has 0 aliphatic rings. The molecule has 0 atom stereocenters. The quantitative estimate of drug-likeness (QED) is 0.893. The maximum atomic E-state index is 12.7. The zero-order chi connectivity index (χ0) is 17.0. The van der Waals surface area contributed by atoms with Crippen molar-refractivity contribution in [2.45, 2.75) is 20.8 Å². The minimum absolute atomic E-state index is 0.261. The summed E-state index contributed by atoms with van der Waals surface area (Å²) >= 11 is 1.19. The van der Waals surface area contributed by atoms with Crippen molar-refractivity contribution < 1.29 is 8.42 Å². The van der Waals surface area contributed by atoms with Crippen LogP contribution in [0.25, 0.3) is 5.57 Å². The molecule has 0 fully saturated rings. The first-order chi connectivity index (χ1) is 10.8. The van der Waals surface area contributed by atoms with E-state index in [0.717, 1.165) is 11.3 Å². The summed E-state index contributed by atoms with van der Waals surface area (Å²) in [4.78, 5) is 8.48. The number of rotatable bonds is 5. The van der Waals surface area contributed by atoms with Crippen LogP contribution >= 0.6 is 11.8 Å². The molecule has 0 amide bonds. The number of para-hydroxylation sites is 1. The van der Waals surface area contributed by atoms with Gasteiger partial charge in [0.1, 0.15) is 10.1 Å². The second-order valence-electron chi connectivity index (χ2n) is 5.00. The maximum Gasteiger partial charge on any atom is 0.268 e. The Balaban J connectivity index is 2.47. The first-order valence-electron chi connectivity index (χ1n) is 6.98. The van der Waals surface area contributed by atoms with Gasteiger partial charge in [-0.2, -0.15) is 0 Å². The number of sulfonamides is 1. The molecule has 2 aromatic rings. The fraction of sp³-hybridized carbons (Fsp3) is 0.250. The summed E-state index contributed by atoms with van der Waals surface area (Å²) in [5.74, 6) is 0.662. The Morgan fingerprint density at radius 3 is 2.39 bits per heavy atom. The van der Waals surface area contributed by atoms with Gasteiger partial charge >= 0.3 is 0 Å². The van der Waals surface area contributed by atoms with Gasteiger partial charge in [-0.05, 0) is 44.7 Å². The zero-order valence-corrected chi connectivity index (χ0v) is 15.1. The van der Waals surface area contributed by atoms with Crippen molar-refractivity contribution in [3.05, 3.63) is 57.8 Å². The lowest BCUT2D eigenvalue weighted by atomic mass is 10.1. The van der Waals surface area contributed by atoms with Crippen LogP contribution in [0.1, 0.15) is 24.0 Å². The Kier molecular flexibility index (Phi) is 5.43. The summed E-state index contributed by atoms with van der Waals surface area (Å²) in [5.41, 5.74) is 2.66. The van der Waals surface area contributed by atoms with Gasteiger partial charge in [-0.15, -0.1) is 11.8 Å². The van der Waals surface area contributed by atoms with E-state index in [9.17, 15) is 8.42 Å². The molecule has 1 N–H and O–H groups in total. The van der Waals surface area contributed by atoms with Gasteiger partial charge in [0.25, 0.3) is 10.0 Å². The van der Waals surface area contributed by atoms with Crippen molar-refractivity contribution in [2.75, 3.05) is 11.0 Å². The molecule has 0 spiro atoms. The van der Waals surface area contributed by atoms with Crippen LogP contribution in [0, 0.1) is 13.8 Å². The third-order valence-electron chi connectivity index (χ3n) is 3.27. The number of hydrogen-bond acceptors (Lipinski definition) is 5. The first-order valence-corrected chi connectivity index (χ1v) is 9.69. The summed E-state index contributed by atoms with van der Waals surface area (Å²) < 4.78 is 28.3. The topological polar surface area (TPSA) is 72.0 Å². The molecule has 0 aliphatic heterocycles. The van der Waals surface area contributed by atoms with Gasteiger partial charge in [0.05, 0.1) is 0 Å². The third kappa shape index (κ3) is 4.11. The number of anilines is 1. The van der Waals surface area contributed by atoms with Gasteiger partial charge in [-0.25, -0.2) is 18.4 Å². The SMILES string of the molecule is CS/C(=C(\C)c1cnc(C)nc1C)S(=O)(=O)Nc1ccccc1. The molecule has 0 unspecified atom stereocenters. The molecule has 0 radical (unpaired) electrons. The average Bonchev–Trinajstić information content (AvgIpc) is 2.47. The fourth-order valence-electron chi connectivity index (χ4n) is 2.23. The predicted molar refractivity (Wildman–Crippen MR) is 96.6 cm³/mol. The van der Waals surface area contributed by atoms with E-state index in [0.29, 0.717) is 17.1 Å². The zero-order valence-electron chi connectivity index (χ0n) is 13.5. The smallest absolute Gasteiger partial charge is 0.268 e. The van der Waals surface area contributed by atoms with Gasteiger partial charge < -0.3 is 0 Å². The lowest BCUT2D eigenvalue weighted by Crippen LogP contribution is -2.14. The van der Waals surface area contributed by atoms with Crippen molar-refractivity contribution in [1.82, 2.24) is 9.97 Å². The summed E-state index contributed by atoms with van der Waals surface area (Å²) in [6.07, 6.45) is 3.41. The molecule has 7 heteroatoms. The van der Waals surface area contributed by atoms with E-state index in [1.807, 2.05) is 13.0 Å². The summed E-state index contributed by atoms with van der Waals surface area (Å²) in [5, 5.41) is 0. The minimum Gasteiger partial charge on any atom is -0.279 e. The van der Waals surface area contributed by atoms with E-state index in [1.165, 1.54) is 11.8 Å². The Morgan fingerprint density at radius 2 is 1.83 bits per heavy atom. The first kappa shape index (κ1) is 17.5. The van der Waals surface area contributed by atoms with Crippen LogP contribution in [-0.2, 0) is 10.0 Å². The molecule has 1 aromatic carbocycles. The Hall–Kier alpha value is -1.86. The molecule has 1 aromatic heterocycles. The highest BCUT2D eigenvalue weighted by Gasteiger charge is 2.21. The molecule has 5 nitrogen and oxygen atoms in total. The number of benzene rings is 1. The molecule has 1 heterocycles. The molecular formula is C16H19N3O2S2. The highest BCUT2D eigenvalue weighted by Crippen LogP contribution is 2.31. The van der Waals surface area contributed by atoms with E-state index >= 15 is 0 Å². The number of aryl methyl sites for hydroxylation is 2. The maximum absolute atomic E-state index is 12.7. The van der Waals surface area contributed by atoms with Crippen molar-refractivity contribution >= 4 is 33.0 Å². The van der Waals surface area contributed by atoms with Crippen molar-refractivity contribution in [3.8, 4) is 0 Å². The highest BCUT2D eigenvalue weighted by molar-refractivity contribution is 8.19. The van der Waals surface area contributed by atoms with E-state index in [2.05, 4.69) is 14.7 Å². The van der Waals surface area contributed by atoms with Crippen molar-refractivity contribution in [2.24, 2.45) is 0 Å². The predicted octanol–water partition coefficient (Wildman–Crippen LogP) is 3.59. The van der Waals surface area contributed by atoms with E-state index < -0.39 is 10.0 Å². The van der Waals surface area contributed by atoms with Gasteiger partial charge in [-0.3, -0.25) is 4.72 Å². The molecule has 23 heavy (non-hydrogen) atoms. The fourth-order valence-corrected chi connectivity index (χ4v) is 4.70. The summed E-state index contributed by atoms with van der Waals surface area (Å²) in [7, 11) is -3.66. The Bertz CT molecular complexity index is 832. The number of aromatic nitrogens is 2. The van der Waals surface area contributed by atoms with Crippen molar-refractivity contribution in [1.29, 1.82) is 0 Å². The Labute approximate surface area is 141 Å². The lowest BCUT2D eigenvalue weighted by molar-refractivity contribution is 0.609. The summed E-state index contributed by atoms with van der Waals surface area (Å²) in [6.45, 7) is 5.43. The molecular weight excluding hydrogens is 330 g/mol. The second-order valence-corrected chi connectivity index (χ2v) is 7.70. The largest absolute Gasteiger partial charge is 0.279 e. The van der Waals surface area contributed by atoms with E-state index in [-0.39, 0.29) is 4.24 Å². The average molecular weight is 349 g/mol. The standard InChI is InChI=1S/C16H19N3O2S2/c1-11(15-10-17-13(3)18-12(15)2)16(22-4)23(20,21)19-14-8-6-5-7-9-14/h5-10,19H,1-4H3/b16-11-. The van der Waals surface area contributed by atoms with Crippen LogP contribution in [0.15, 0.2) is 40.8 Å². The number of nitrogens with zero attached hydrogens (tertiary/aromatic N) is 2. The molecule has 0 saturated heterocycles. The van der Waals surface area contributed by atoms with Crippen LogP contribution in [0.5, 0.6) is 0 Å². The summed E-state index contributed by atoms with van der Waals surface area (Å²) in [6, 6.07) is 8.83. The molecule has 2 rings (SSSR count). The van der Waals surface area contributed by atoms with E-state index in [1.54, 1.807) is 50.6 Å². The van der Waals surface area contributed by atoms with Crippen LogP contribution in [0.4, 0.5) is 5.69 Å². The molecule has 0 aliphatic carbocycles. The second kappa shape index (κ2) is 7.14. The number of hydrogen-bond donors (Lipinski definition) is 1. The number of thioether (sulfide) groups is 1. The minimum atomic E-state index is -3.66. The lowest BCUT2D eigenvalue weighted by Gasteiger charge is -2.14. The number of nitrogens with one attached hydrogen (secondary N) is 1. The van der Waals surface area contributed by atoms with Crippen LogP contribution in [0.3, 0.4) is 0 Å². The molecule has 122 valence electrons. The molecule has 0 saturated carbocycles. The normalized spacial score (nSPS) is 12.7. The monoisotopic (exact) mass is 349 g/mol. The van der Waals surface area contributed by atoms with Crippen LogP contribution < -0.4 is 4.72 Å². The van der Waals surface area contributed by atoms with Gasteiger partial charge in [0.15, 0.2) is 0 Å². The van der Waals surface area contributed by atoms with Crippen LogP contribution in [0.2, 0.25) is 0 Å². The van der Waals surface area contributed by atoms with Crippen LogP contribution in [-0.4, -0.2) is 24.6 Å². The van der Waals surface area contributed by atoms with Crippen molar-refractivity contribution in [3.63, 3.8) is 0 Å². The molecule has 0 bridgehead atoms. The van der Waals surface area contributed by atoms with Gasteiger partial charge in [0, 0.05) is 23.1 Å². The Morgan fingerprint density at radius 1 is 1.17 bits per heavy atom. The number of allylic oxidation sites excluding steroid dienone is 1.